The van der Waals surface area contributed by atoms with Crippen LogP contribution < -0.4 is 0 Å². The first kappa shape index (κ1) is 13.6. The first-order chi connectivity index (χ1) is 8.26. The highest BCUT2D eigenvalue weighted by atomic mass is 16.9. The molecule has 0 aromatic heterocycles. The zero-order valence-electron chi connectivity index (χ0n) is 11.8. The Morgan fingerprint density at radius 2 is 1.83 bits per heavy atom. The highest BCUT2D eigenvalue weighted by Gasteiger charge is 2.50. The maximum absolute atomic E-state index is 11.5. The molecule has 0 aliphatic carbocycles. The van der Waals surface area contributed by atoms with Crippen molar-refractivity contribution >= 4 is 5.78 Å². The molecule has 2 aliphatic heterocycles. The van der Waals surface area contributed by atoms with Crippen molar-refractivity contribution in [1.29, 1.82) is 0 Å². The molecular weight excluding hydrogens is 232 g/mol. The van der Waals surface area contributed by atoms with E-state index in [1.54, 1.807) is 13.8 Å². The minimum Gasteiger partial charge on any atom is -0.443 e. The minimum atomic E-state index is -1.00. The van der Waals surface area contributed by atoms with Gasteiger partial charge < -0.3 is 14.2 Å². The van der Waals surface area contributed by atoms with Crippen LogP contribution in [-0.2, 0) is 19.0 Å². The Morgan fingerprint density at radius 3 is 2.33 bits per heavy atom. The lowest BCUT2D eigenvalue weighted by Crippen LogP contribution is -2.54. The van der Waals surface area contributed by atoms with Crippen LogP contribution in [0.3, 0.4) is 0 Å². The Kier molecular flexibility index (Phi) is 3.28. The molecule has 1 unspecified atom stereocenters. The van der Waals surface area contributed by atoms with E-state index in [1.807, 2.05) is 6.92 Å². The van der Waals surface area contributed by atoms with Gasteiger partial charge in [-0.05, 0) is 20.3 Å². The number of carbonyl (C=O) groups is 1. The van der Waals surface area contributed by atoms with E-state index in [0.717, 1.165) is 5.57 Å². The fourth-order valence-corrected chi connectivity index (χ4v) is 2.36. The molecule has 0 aromatic carbocycles. The topological polar surface area (TPSA) is 44.8 Å². The fraction of sp³-hybridized carbons (Fsp3) is 0.786. The molecular formula is C14H22O4. The number of hydrogen-bond acceptors (Lipinski definition) is 4. The number of ketones is 1. The van der Waals surface area contributed by atoms with Gasteiger partial charge in [0, 0.05) is 11.0 Å². The second kappa shape index (κ2) is 4.35. The average molecular weight is 254 g/mol. The van der Waals surface area contributed by atoms with E-state index in [2.05, 4.69) is 13.8 Å². The summed E-state index contributed by atoms with van der Waals surface area (Å²) in [5, 5.41) is 0. The summed E-state index contributed by atoms with van der Waals surface area (Å²) in [5.74, 6) is -0.305. The monoisotopic (exact) mass is 254 g/mol. The molecule has 4 nitrogen and oxygen atoms in total. The lowest BCUT2D eigenvalue weighted by molar-refractivity contribution is -0.429. The highest BCUT2D eigenvalue weighted by Crippen LogP contribution is 2.42. The summed E-state index contributed by atoms with van der Waals surface area (Å²) < 4.78 is 17.5. The molecule has 1 fully saturated rings. The van der Waals surface area contributed by atoms with Crippen LogP contribution in [0.25, 0.3) is 0 Å². The Bertz CT molecular complexity index is 385. The van der Waals surface area contributed by atoms with Gasteiger partial charge in [-0.1, -0.05) is 20.8 Å². The summed E-state index contributed by atoms with van der Waals surface area (Å²) in [6, 6.07) is 0. The van der Waals surface area contributed by atoms with E-state index in [4.69, 9.17) is 14.2 Å². The van der Waals surface area contributed by atoms with Gasteiger partial charge in [0.15, 0.2) is 5.78 Å². The van der Waals surface area contributed by atoms with Crippen molar-refractivity contribution in [2.75, 3.05) is 13.2 Å². The normalized spacial score (nSPS) is 30.2. The molecule has 2 aliphatic rings. The van der Waals surface area contributed by atoms with Gasteiger partial charge in [0.2, 0.25) is 0 Å². The third-order valence-electron chi connectivity index (χ3n) is 3.59. The Balaban J connectivity index is 2.20. The van der Waals surface area contributed by atoms with Crippen molar-refractivity contribution in [1.82, 2.24) is 0 Å². The molecule has 4 heteroatoms. The van der Waals surface area contributed by atoms with E-state index >= 15 is 0 Å². The lowest BCUT2D eigenvalue weighted by atomic mass is 9.90. The maximum atomic E-state index is 11.5. The summed E-state index contributed by atoms with van der Waals surface area (Å²) in [4.78, 5) is 11.5. The third-order valence-corrected chi connectivity index (χ3v) is 3.59. The minimum absolute atomic E-state index is 0.00675. The van der Waals surface area contributed by atoms with Crippen LogP contribution in [-0.4, -0.2) is 25.0 Å². The number of rotatable bonds is 1. The first-order valence-corrected chi connectivity index (χ1v) is 6.43. The van der Waals surface area contributed by atoms with Crippen LogP contribution in [0.5, 0.6) is 0 Å². The van der Waals surface area contributed by atoms with Crippen LogP contribution >= 0.6 is 0 Å². The zero-order chi connectivity index (χ0) is 13.6. The zero-order valence-corrected chi connectivity index (χ0v) is 11.8. The van der Waals surface area contributed by atoms with Crippen LogP contribution in [0.15, 0.2) is 11.3 Å². The summed E-state index contributed by atoms with van der Waals surface area (Å²) in [6.07, 6.45) is 0.640. The largest absolute Gasteiger partial charge is 0.443 e. The second-order valence-electron chi connectivity index (χ2n) is 6.14. The third kappa shape index (κ3) is 2.31. The maximum Gasteiger partial charge on any atom is 0.329 e. The van der Waals surface area contributed by atoms with E-state index in [0.29, 0.717) is 25.4 Å². The molecule has 0 N–H and O–H groups in total. The van der Waals surface area contributed by atoms with Crippen LogP contribution in [0.1, 0.15) is 41.0 Å². The van der Waals surface area contributed by atoms with E-state index in [-0.39, 0.29) is 17.1 Å². The molecule has 2 heterocycles. The molecule has 0 amide bonds. The van der Waals surface area contributed by atoms with Gasteiger partial charge in [0.1, 0.15) is 5.76 Å². The van der Waals surface area contributed by atoms with Crippen molar-refractivity contribution < 1.29 is 19.0 Å². The van der Waals surface area contributed by atoms with Gasteiger partial charge in [-0.15, -0.1) is 0 Å². The predicted octanol–water partition coefficient (Wildman–Crippen LogP) is 2.63. The summed E-state index contributed by atoms with van der Waals surface area (Å²) in [5.41, 5.74) is 0.748. The summed E-state index contributed by atoms with van der Waals surface area (Å²) >= 11 is 0. The van der Waals surface area contributed by atoms with Gasteiger partial charge in [-0.3, -0.25) is 4.79 Å². The predicted molar refractivity (Wildman–Crippen MR) is 66.7 cm³/mol. The number of Topliss-reactive ketones (excluding diaryl/α,β-unsaturated/α-hetero) is 1. The van der Waals surface area contributed by atoms with Crippen LogP contribution in [0.4, 0.5) is 0 Å². The van der Waals surface area contributed by atoms with Gasteiger partial charge in [0.05, 0.1) is 19.1 Å². The lowest BCUT2D eigenvalue weighted by Gasteiger charge is -2.47. The SMILES string of the molecule is CC(=O)C1=C(C)OC2(OCC(C)(C)CO2)C(C)C1. The number of carbonyl (C=O) groups excluding carboxylic acids is 1. The molecule has 1 spiro atoms. The molecule has 1 saturated heterocycles. The quantitative estimate of drug-likeness (QED) is 0.721. The van der Waals surface area contributed by atoms with Crippen molar-refractivity contribution in [3.05, 3.63) is 11.3 Å². The average Bonchev–Trinajstić information content (AvgIpc) is 2.27. The van der Waals surface area contributed by atoms with Crippen molar-refractivity contribution in [2.24, 2.45) is 11.3 Å². The van der Waals surface area contributed by atoms with E-state index in [9.17, 15) is 4.79 Å². The summed E-state index contributed by atoms with van der Waals surface area (Å²) in [7, 11) is 0. The molecule has 2 rings (SSSR count). The molecule has 18 heavy (non-hydrogen) atoms. The van der Waals surface area contributed by atoms with Gasteiger partial charge >= 0.3 is 5.97 Å². The van der Waals surface area contributed by atoms with E-state index in [1.165, 1.54) is 0 Å². The van der Waals surface area contributed by atoms with E-state index < -0.39 is 5.97 Å². The standard InChI is InChI=1S/C14H22O4/c1-9-6-12(10(2)15)11(3)18-14(9)16-7-13(4,5)8-17-14/h9H,6-8H2,1-5H3. The molecule has 0 saturated carbocycles. The van der Waals surface area contributed by atoms with Crippen molar-refractivity contribution in [3.63, 3.8) is 0 Å². The van der Waals surface area contributed by atoms with Crippen LogP contribution in [0.2, 0.25) is 0 Å². The number of allylic oxidation sites excluding steroid dienone is 2. The van der Waals surface area contributed by atoms with Crippen molar-refractivity contribution in [3.8, 4) is 0 Å². The number of ether oxygens (including phenoxy) is 3. The smallest absolute Gasteiger partial charge is 0.329 e. The molecule has 1 atom stereocenters. The van der Waals surface area contributed by atoms with Gasteiger partial charge in [0.25, 0.3) is 0 Å². The second-order valence-corrected chi connectivity index (χ2v) is 6.14. The first-order valence-electron chi connectivity index (χ1n) is 6.43. The molecule has 102 valence electrons. The fourth-order valence-electron chi connectivity index (χ4n) is 2.36. The molecule has 0 radical (unpaired) electrons. The number of hydrogen-bond donors (Lipinski definition) is 0. The molecule has 0 aromatic rings. The van der Waals surface area contributed by atoms with Crippen molar-refractivity contribution in [2.45, 2.75) is 47.0 Å². The Labute approximate surface area is 108 Å². The highest BCUT2D eigenvalue weighted by molar-refractivity contribution is 5.93. The summed E-state index contributed by atoms with van der Waals surface area (Å²) in [6.45, 7) is 10.7. The van der Waals surface area contributed by atoms with Gasteiger partial charge in [-0.25, -0.2) is 0 Å². The Hall–Kier alpha value is -0.870. The van der Waals surface area contributed by atoms with Gasteiger partial charge in [-0.2, -0.15) is 0 Å². The van der Waals surface area contributed by atoms with Crippen LogP contribution in [0, 0.1) is 11.3 Å². The molecule has 0 bridgehead atoms. The Morgan fingerprint density at radius 1 is 1.28 bits per heavy atom.